The van der Waals surface area contributed by atoms with Crippen molar-refractivity contribution in [3.05, 3.63) is 0 Å². The normalized spacial score (nSPS) is 23.2. The first kappa shape index (κ1) is 15.1. The summed E-state index contributed by atoms with van der Waals surface area (Å²) in [5, 5.41) is 11.5. The fourth-order valence-electron chi connectivity index (χ4n) is 3.58. The Hall–Kier alpha value is -1.26. The van der Waals surface area contributed by atoms with Gasteiger partial charge in [0, 0.05) is 25.6 Å². The molecule has 2 N–H and O–H groups in total. The standard InChI is InChI=1S/C15H26N2O3/c18-14(19)9-3-4-10-16-15(20)17-11-5-8-13(17)12-6-1-2-7-12/h12-13H,1-11H2,(H,16,20)(H,18,19). The van der Waals surface area contributed by atoms with E-state index in [-0.39, 0.29) is 12.5 Å². The molecule has 2 amide bonds. The third-order valence-electron chi connectivity index (χ3n) is 4.60. The molecule has 1 aliphatic carbocycles. The van der Waals surface area contributed by atoms with Gasteiger partial charge >= 0.3 is 12.0 Å². The zero-order valence-corrected chi connectivity index (χ0v) is 12.1. The second-order valence-corrected chi connectivity index (χ2v) is 6.03. The van der Waals surface area contributed by atoms with Crippen molar-refractivity contribution in [2.75, 3.05) is 13.1 Å². The van der Waals surface area contributed by atoms with Crippen LogP contribution in [0.25, 0.3) is 0 Å². The average molecular weight is 282 g/mol. The number of carboxylic acids is 1. The molecule has 5 heteroatoms. The van der Waals surface area contributed by atoms with Crippen LogP contribution in [0.5, 0.6) is 0 Å². The predicted molar refractivity (Wildman–Crippen MR) is 76.6 cm³/mol. The number of rotatable bonds is 6. The highest BCUT2D eigenvalue weighted by atomic mass is 16.4. The SMILES string of the molecule is O=C(O)CCCCNC(=O)N1CCCC1C1CCCC1. The number of likely N-dealkylation sites (tertiary alicyclic amines) is 1. The predicted octanol–water partition coefficient (Wildman–Crippen LogP) is 2.61. The molecule has 0 radical (unpaired) electrons. The largest absolute Gasteiger partial charge is 0.481 e. The van der Waals surface area contributed by atoms with Gasteiger partial charge in [-0.25, -0.2) is 4.79 Å². The van der Waals surface area contributed by atoms with Gasteiger partial charge in [-0.1, -0.05) is 12.8 Å². The topological polar surface area (TPSA) is 69.6 Å². The van der Waals surface area contributed by atoms with Crippen LogP contribution < -0.4 is 5.32 Å². The number of hydrogen-bond acceptors (Lipinski definition) is 2. The molecule has 2 fully saturated rings. The maximum Gasteiger partial charge on any atom is 0.317 e. The Morgan fingerprint density at radius 2 is 1.85 bits per heavy atom. The summed E-state index contributed by atoms with van der Waals surface area (Å²) in [5.74, 6) is -0.0626. The summed E-state index contributed by atoms with van der Waals surface area (Å²) in [5.41, 5.74) is 0. The molecule has 20 heavy (non-hydrogen) atoms. The van der Waals surface area contributed by atoms with Crippen molar-refractivity contribution in [2.45, 2.75) is 63.8 Å². The summed E-state index contributed by atoms with van der Waals surface area (Å²) in [6.07, 6.45) is 8.98. The first-order valence-electron chi connectivity index (χ1n) is 7.95. The molecule has 0 aromatic carbocycles. The lowest BCUT2D eigenvalue weighted by Crippen LogP contribution is -2.45. The van der Waals surface area contributed by atoms with E-state index in [1.165, 1.54) is 25.7 Å². The van der Waals surface area contributed by atoms with E-state index in [4.69, 9.17) is 5.11 Å². The highest BCUT2D eigenvalue weighted by Crippen LogP contribution is 2.35. The average Bonchev–Trinajstić information content (AvgIpc) is 3.08. The third-order valence-corrected chi connectivity index (χ3v) is 4.60. The lowest BCUT2D eigenvalue weighted by atomic mass is 9.96. The monoisotopic (exact) mass is 282 g/mol. The van der Waals surface area contributed by atoms with Crippen LogP contribution >= 0.6 is 0 Å². The van der Waals surface area contributed by atoms with Crippen molar-refractivity contribution >= 4 is 12.0 Å². The lowest BCUT2D eigenvalue weighted by molar-refractivity contribution is -0.137. The van der Waals surface area contributed by atoms with Crippen LogP contribution in [0.15, 0.2) is 0 Å². The van der Waals surface area contributed by atoms with E-state index in [0.29, 0.717) is 24.9 Å². The molecule has 0 bridgehead atoms. The van der Waals surface area contributed by atoms with Crippen LogP contribution in [0, 0.1) is 5.92 Å². The number of amides is 2. The molecule has 2 aliphatic rings. The van der Waals surface area contributed by atoms with Crippen LogP contribution in [0.1, 0.15) is 57.8 Å². The summed E-state index contributed by atoms with van der Waals surface area (Å²) in [4.78, 5) is 24.6. The number of nitrogens with one attached hydrogen (secondary N) is 1. The number of nitrogens with zero attached hydrogens (tertiary/aromatic N) is 1. The molecule has 1 unspecified atom stereocenters. The van der Waals surface area contributed by atoms with Crippen molar-refractivity contribution in [3.63, 3.8) is 0 Å². The first-order chi connectivity index (χ1) is 9.68. The maximum absolute atomic E-state index is 12.2. The van der Waals surface area contributed by atoms with Crippen LogP contribution in [-0.4, -0.2) is 41.1 Å². The first-order valence-corrected chi connectivity index (χ1v) is 7.95. The van der Waals surface area contributed by atoms with Gasteiger partial charge in [-0.3, -0.25) is 4.79 Å². The molecule has 0 aromatic heterocycles. The minimum absolute atomic E-state index is 0.0507. The molecule has 2 rings (SSSR count). The van der Waals surface area contributed by atoms with Gasteiger partial charge in [0.15, 0.2) is 0 Å². The molecular weight excluding hydrogens is 256 g/mol. The molecule has 1 saturated carbocycles. The second-order valence-electron chi connectivity index (χ2n) is 6.03. The van der Waals surface area contributed by atoms with Gasteiger partial charge in [0.05, 0.1) is 0 Å². The molecule has 5 nitrogen and oxygen atoms in total. The number of unbranched alkanes of at least 4 members (excludes halogenated alkanes) is 1. The van der Waals surface area contributed by atoms with E-state index < -0.39 is 5.97 Å². The number of carboxylic acid groups (broad SMARTS) is 1. The maximum atomic E-state index is 12.2. The lowest BCUT2D eigenvalue weighted by Gasteiger charge is -2.29. The molecule has 1 heterocycles. The smallest absolute Gasteiger partial charge is 0.317 e. The Bertz CT molecular complexity index is 340. The minimum Gasteiger partial charge on any atom is -0.481 e. The number of carbonyl (C=O) groups excluding carboxylic acids is 1. The molecule has 0 spiro atoms. The second kappa shape index (κ2) is 7.50. The van der Waals surface area contributed by atoms with Gasteiger partial charge in [-0.15, -0.1) is 0 Å². The highest BCUT2D eigenvalue weighted by molar-refractivity contribution is 5.74. The van der Waals surface area contributed by atoms with Crippen molar-refractivity contribution in [1.82, 2.24) is 10.2 Å². The van der Waals surface area contributed by atoms with E-state index in [1.807, 2.05) is 4.90 Å². The Kier molecular flexibility index (Phi) is 5.68. The Morgan fingerprint density at radius 3 is 2.55 bits per heavy atom. The molecule has 1 saturated heterocycles. The van der Waals surface area contributed by atoms with Crippen molar-refractivity contribution in [3.8, 4) is 0 Å². The van der Waals surface area contributed by atoms with Gasteiger partial charge in [0.2, 0.25) is 0 Å². The van der Waals surface area contributed by atoms with Gasteiger partial charge < -0.3 is 15.3 Å². The Labute approximate surface area is 120 Å². The third kappa shape index (κ3) is 4.12. The van der Waals surface area contributed by atoms with Gasteiger partial charge in [0.25, 0.3) is 0 Å². The van der Waals surface area contributed by atoms with Gasteiger partial charge in [-0.05, 0) is 44.4 Å². The number of urea groups is 1. The number of aliphatic carboxylic acids is 1. The number of carbonyl (C=O) groups is 2. The van der Waals surface area contributed by atoms with Crippen molar-refractivity contribution < 1.29 is 14.7 Å². The molecule has 114 valence electrons. The van der Waals surface area contributed by atoms with E-state index in [1.54, 1.807) is 0 Å². The van der Waals surface area contributed by atoms with Crippen LogP contribution in [-0.2, 0) is 4.79 Å². The summed E-state index contributed by atoms with van der Waals surface area (Å²) in [6.45, 7) is 1.46. The van der Waals surface area contributed by atoms with Crippen LogP contribution in [0.3, 0.4) is 0 Å². The van der Waals surface area contributed by atoms with Gasteiger partial charge in [0.1, 0.15) is 0 Å². The van der Waals surface area contributed by atoms with E-state index in [0.717, 1.165) is 25.8 Å². The van der Waals surface area contributed by atoms with Crippen LogP contribution in [0.2, 0.25) is 0 Å². The Morgan fingerprint density at radius 1 is 1.10 bits per heavy atom. The summed E-state index contributed by atoms with van der Waals surface area (Å²) in [6, 6.07) is 0.492. The Balaban J connectivity index is 1.69. The summed E-state index contributed by atoms with van der Waals surface area (Å²) >= 11 is 0. The van der Waals surface area contributed by atoms with Crippen LogP contribution in [0.4, 0.5) is 4.79 Å². The van der Waals surface area contributed by atoms with Gasteiger partial charge in [-0.2, -0.15) is 0 Å². The minimum atomic E-state index is -0.767. The fraction of sp³-hybridized carbons (Fsp3) is 0.867. The molecule has 1 aliphatic heterocycles. The number of hydrogen-bond donors (Lipinski definition) is 2. The van der Waals surface area contributed by atoms with Crippen molar-refractivity contribution in [2.24, 2.45) is 5.92 Å². The molecule has 1 atom stereocenters. The highest BCUT2D eigenvalue weighted by Gasteiger charge is 2.35. The molecular formula is C15H26N2O3. The zero-order chi connectivity index (χ0) is 14.4. The zero-order valence-electron chi connectivity index (χ0n) is 12.1. The summed E-state index contributed by atoms with van der Waals surface area (Å²) in [7, 11) is 0. The molecule has 0 aromatic rings. The fourth-order valence-corrected chi connectivity index (χ4v) is 3.58. The van der Waals surface area contributed by atoms with E-state index in [9.17, 15) is 9.59 Å². The van der Waals surface area contributed by atoms with Crippen molar-refractivity contribution in [1.29, 1.82) is 0 Å². The summed E-state index contributed by atoms with van der Waals surface area (Å²) < 4.78 is 0. The quantitative estimate of drug-likeness (QED) is 0.736. The van der Waals surface area contributed by atoms with E-state index >= 15 is 0 Å². The van der Waals surface area contributed by atoms with E-state index in [2.05, 4.69) is 5.32 Å².